The summed E-state index contributed by atoms with van der Waals surface area (Å²) < 4.78 is 0. The molecule has 1 saturated carbocycles. The molecule has 1 aliphatic rings. The van der Waals surface area contributed by atoms with Gasteiger partial charge >= 0.3 is 11.9 Å². The summed E-state index contributed by atoms with van der Waals surface area (Å²) in [6, 6.07) is 0. The molecule has 0 amide bonds. The zero-order valence-electron chi connectivity index (χ0n) is 9.00. The summed E-state index contributed by atoms with van der Waals surface area (Å²) in [5.74, 6) is -1.01. The Hall–Kier alpha value is -1.40. The Morgan fingerprint density at radius 2 is 1.31 bits per heavy atom. The van der Waals surface area contributed by atoms with Gasteiger partial charge in [-0.3, -0.25) is 0 Å². The fourth-order valence-electron chi connectivity index (χ4n) is 1.40. The number of hydrogen-bond acceptors (Lipinski definition) is 4. The minimum Gasteiger partial charge on any atom is -0.478 e. The summed E-state index contributed by atoms with van der Waals surface area (Å²) in [7, 11) is 0. The first-order valence-electron chi connectivity index (χ1n) is 5.05. The van der Waals surface area contributed by atoms with Crippen LogP contribution in [0.5, 0.6) is 0 Å². The molecule has 1 fully saturated rings. The average Bonchev–Trinajstić information content (AvgIpc) is 2.16. The highest BCUT2D eigenvalue weighted by atomic mass is 16.4. The fourth-order valence-corrected chi connectivity index (χ4v) is 1.40. The van der Waals surface area contributed by atoms with E-state index in [1.165, 1.54) is 12.8 Å². The number of carboxylic acids is 2. The van der Waals surface area contributed by atoms with Crippen LogP contribution in [0.1, 0.15) is 12.8 Å². The number of rotatable bonds is 4. The molecule has 6 N–H and O–H groups in total. The summed E-state index contributed by atoms with van der Waals surface area (Å²) in [4.78, 5) is 19.1. The lowest BCUT2D eigenvalue weighted by Crippen LogP contribution is -2.36. The number of carbonyl (C=O) groups is 2. The summed E-state index contributed by atoms with van der Waals surface area (Å²) >= 11 is 0. The quantitative estimate of drug-likeness (QED) is 0.488. The van der Waals surface area contributed by atoms with Crippen molar-refractivity contribution in [1.82, 2.24) is 0 Å². The lowest BCUT2D eigenvalue weighted by molar-refractivity contribution is -0.134. The van der Waals surface area contributed by atoms with Gasteiger partial charge in [0.25, 0.3) is 0 Å². The predicted molar refractivity (Wildman–Crippen MR) is 58.7 cm³/mol. The molecule has 0 bridgehead atoms. The SMILES string of the molecule is NC[C@@H]1CC[C@H]1CN.O=C(O)/C=C/C(=O)O. The molecule has 0 aromatic heterocycles. The smallest absolute Gasteiger partial charge is 0.328 e. The fraction of sp³-hybridized carbons (Fsp3) is 0.600. The van der Waals surface area contributed by atoms with E-state index < -0.39 is 11.9 Å². The molecule has 92 valence electrons. The predicted octanol–water partition coefficient (Wildman–Crippen LogP) is -0.358. The first-order chi connectivity index (χ1) is 7.51. The average molecular weight is 230 g/mol. The topological polar surface area (TPSA) is 127 Å². The van der Waals surface area contributed by atoms with Crippen molar-refractivity contribution in [3.63, 3.8) is 0 Å². The van der Waals surface area contributed by atoms with E-state index >= 15 is 0 Å². The Morgan fingerprint density at radius 3 is 1.44 bits per heavy atom. The molecule has 6 nitrogen and oxygen atoms in total. The van der Waals surface area contributed by atoms with Crippen molar-refractivity contribution < 1.29 is 19.8 Å². The van der Waals surface area contributed by atoms with E-state index in [4.69, 9.17) is 21.7 Å². The van der Waals surface area contributed by atoms with Gasteiger partial charge in [0.2, 0.25) is 0 Å². The summed E-state index contributed by atoms with van der Waals surface area (Å²) in [6.07, 6.45) is 3.72. The van der Waals surface area contributed by atoms with E-state index in [1.807, 2.05) is 0 Å². The first-order valence-corrected chi connectivity index (χ1v) is 5.05. The monoisotopic (exact) mass is 230 g/mol. The van der Waals surface area contributed by atoms with Gasteiger partial charge in [-0.2, -0.15) is 0 Å². The Labute approximate surface area is 93.9 Å². The van der Waals surface area contributed by atoms with Crippen LogP contribution in [0.3, 0.4) is 0 Å². The highest BCUT2D eigenvalue weighted by molar-refractivity contribution is 5.89. The van der Waals surface area contributed by atoms with Crippen molar-refractivity contribution in [3.05, 3.63) is 12.2 Å². The standard InChI is InChI=1S/C6H14N2.C4H4O4/c7-3-5-1-2-6(5)4-8;5-3(6)1-2-4(7)8/h5-6H,1-4,7-8H2;1-2H,(H,5,6)(H,7,8)/b;2-1+/t5-,6-;/m0./s1. The van der Waals surface area contributed by atoms with Gasteiger partial charge in [0.1, 0.15) is 0 Å². The van der Waals surface area contributed by atoms with Gasteiger partial charge in [-0.25, -0.2) is 9.59 Å². The van der Waals surface area contributed by atoms with Crippen LogP contribution in [0, 0.1) is 11.8 Å². The lowest BCUT2D eigenvalue weighted by Gasteiger charge is -2.34. The Kier molecular flexibility index (Phi) is 7.15. The first kappa shape index (κ1) is 14.6. The van der Waals surface area contributed by atoms with Gasteiger partial charge in [0.05, 0.1) is 0 Å². The third-order valence-electron chi connectivity index (χ3n) is 2.55. The van der Waals surface area contributed by atoms with Crippen LogP contribution in [-0.4, -0.2) is 35.2 Å². The lowest BCUT2D eigenvalue weighted by atomic mass is 9.74. The van der Waals surface area contributed by atoms with E-state index in [2.05, 4.69) is 0 Å². The van der Waals surface area contributed by atoms with Crippen LogP contribution in [0.4, 0.5) is 0 Å². The van der Waals surface area contributed by atoms with Crippen LogP contribution in [-0.2, 0) is 9.59 Å². The molecule has 0 heterocycles. The second-order valence-electron chi connectivity index (χ2n) is 3.58. The minimum atomic E-state index is -1.26. The highest BCUT2D eigenvalue weighted by Crippen LogP contribution is 2.31. The van der Waals surface area contributed by atoms with Gasteiger partial charge in [-0.05, 0) is 37.8 Å². The van der Waals surface area contributed by atoms with Crippen molar-refractivity contribution in [1.29, 1.82) is 0 Å². The molecule has 1 aliphatic carbocycles. The number of nitrogens with two attached hydrogens (primary N) is 2. The van der Waals surface area contributed by atoms with Gasteiger partial charge < -0.3 is 21.7 Å². The molecule has 0 aromatic rings. The number of hydrogen-bond donors (Lipinski definition) is 4. The van der Waals surface area contributed by atoms with Crippen LogP contribution >= 0.6 is 0 Å². The third kappa shape index (κ3) is 6.15. The third-order valence-corrected chi connectivity index (χ3v) is 2.55. The van der Waals surface area contributed by atoms with E-state index in [0.717, 1.165) is 24.9 Å². The van der Waals surface area contributed by atoms with Gasteiger partial charge in [-0.15, -0.1) is 0 Å². The Balaban J connectivity index is 0.000000281. The zero-order chi connectivity index (χ0) is 12.6. The van der Waals surface area contributed by atoms with Crippen molar-refractivity contribution in [2.45, 2.75) is 12.8 Å². The summed E-state index contributed by atoms with van der Waals surface area (Å²) in [6.45, 7) is 1.67. The molecule has 6 heteroatoms. The van der Waals surface area contributed by atoms with Crippen molar-refractivity contribution in [2.75, 3.05) is 13.1 Å². The Bertz CT molecular complexity index is 236. The largest absolute Gasteiger partial charge is 0.478 e. The van der Waals surface area contributed by atoms with Gasteiger partial charge in [0.15, 0.2) is 0 Å². The van der Waals surface area contributed by atoms with Gasteiger partial charge in [-0.1, -0.05) is 0 Å². The molecular weight excluding hydrogens is 212 g/mol. The van der Waals surface area contributed by atoms with E-state index in [9.17, 15) is 9.59 Å². The van der Waals surface area contributed by atoms with Crippen LogP contribution in [0.2, 0.25) is 0 Å². The molecular formula is C10H18N2O4. The molecule has 0 radical (unpaired) electrons. The van der Waals surface area contributed by atoms with Crippen molar-refractivity contribution in [3.8, 4) is 0 Å². The second kappa shape index (κ2) is 7.84. The molecule has 0 saturated heterocycles. The van der Waals surface area contributed by atoms with E-state index in [1.54, 1.807) is 0 Å². The maximum absolute atomic E-state index is 9.55. The number of carboxylic acid groups (broad SMARTS) is 2. The molecule has 16 heavy (non-hydrogen) atoms. The summed E-state index contributed by atoms with van der Waals surface area (Å²) in [5, 5.41) is 15.6. The van der Waals surface area contributed by atoms with E-state index in [-0.39, 0.29) is 0 Å². The number of aliphatic carboxylic acids is 2. The maximum atomic E-state index is 9.55. The molecule has 1 rings (SSSR count). The van der Waals surface area contributed by atoms with Crippen LogP contribution in [0.15, 0.2) is 12.2 Å². The van der Waals surface area contributed by atoms with Crippen LogP contribution in [0.25, 0.3) is 0 Å². The van der Waals surface area contributed by atoms with Gasteiger partial charge in [0, 0.05) is 12.2 Å². The molecule has 2 atom stereocenters. The second-order valence-corrected chi connectivity index (χ2v) is 3.58. The summed E-state index contributed by atoms with van der Waals surface area (Å²) in [5.41, 5.74) is 10.9. The molecule has 0 unspecified atom stereocenters. The molecule has 0 spiro atoms. The molecule has 0 aliphatic heterocycles. The molecule has 0 aromatic carbocycles. The van der Waals surface area contributed by atoms with Crippen molar-refractivity contribution in [2.24, 2.45) is 23.3 Å². The van der Waals surface area contributed by atoms with E-state index in [0.29, 0.717) is 12.2 Å². The zero-order valence-corrected chi connectivity index (χ0v) is 9.00. The normalized spacial score (nSPS) is 23.1. The maximum Gasteiger partial charge on any atom is 0.328 e. The van der Waals surface area contributed by atoms with Crippen molar-refractivity contribution >= 4 is 11.9 Å². The van der Waals surface area contributed by atoms with Crippen LogP contribution < -0.4 is 11.5 Å². The minimum absolute atomic E-state index is 0.558. The highest BCUT2D eigenvalue weighted by Gasteiger charge is 2.27. The Morgan fingerprint density at radius 1 is 1.00 bits per heavy atom.